The van der Waals surface area contributed by atoms with Gasteiger partial charge >= 0.3 is 0 Å². The second kappa shape index (κ2) is 7.79. The van der Waals surface area contributed by atoms with Gasteiger partial charge in [-0.25, -0.2) is 0 Å². The number of amides is 1. The van der Waals surface area contributed by atoms with E-state index in [0.29, 0.717) is 32.7 Å². The molecule has 0 unspecified atom stereocenters. The van der Waals surface area contributed by atoms with Gasteiger partial charge in [0.2, 0.25) is 5.91 Å². The number of hydrogen-bond donors (Lipinski definition) is 0. The zero-order valence-electron chi connectivity index (χ0n) is 15.0. The molecule has 2 heterocycles. The van der Waals surface area contributed by atoms with Crippen molar-refractivity contribution in [2.24, 2.45) is 0 Å². The summed E-state index contributed by atoms with van der Waals surface area (Å²) >= 11 is 0. The molecule has 0 aliphatic carbocycles. The molecule has 0 aromatic heterocycles. The molecule has 2 aliphatic heterocycles. The van der Waals surface area contributed by atoms with Gasteiger partial charge in [0, 0.05) is 37.6 Å². The number of anilines is 2. The molecule has 2 aromatic rings. The number of nitrogens with zero attached hydrogens (tertiary/aromatic N) is 3. The molecular weight excluding hydrogens is 326 g/mol. The van der Waals surface area contributed by atoms with Crippen molar-refractivity contribution < 1.29 is 9.53 Å². The van der Waals surface area contributed by atoms with Gasteiger partial charge in [0.05, 0.1) is 19.6 Å². The van der Waals surface area contributed by atoms with Crippen molar-refractivity contribution in [2.75, 3.05) is 49.2 Å². The van der Waals surface area contributed by atoms with Crippen LogP contribution < -0.4 is 9.80 Å². The summed E-state index contributed by atoms with van der Waals surface area (Å²) in [6, 6.07) is 20.8. The third kappa shape index (κ3) is 3.53. The third-order valence-electron chi connectivity index (χ3n) is 5.20. The summed E-state index contributed by atoms with van der Waals surface area (Å²) in [5.41, 5.74) is 2.34. The molecule has 0 N–H and O–H groups in total. The van der Waals surface area contributed by atoms with Crippen molar-refractivity contribution in [3.05, 3.63) is 60.7 Å². The van der Waals surface area contributed by atoms with Gasteiger partial charge in [-0.2, -0.15) is 0 Å². The highest BCUT2D eigenvalue weighted by Crippen LogP contribution is 2.30. The van der Waals surface area contributed by atoms with Crippen LogP contribution in [0.15, 0.2) is 60.7 Å². The fourth-order valence-electron chi connectivity index (χ4n) is 3.84. The monoisotopic (exact) mass is 351 g/mol. The van der Waals surface area contributed by atoms with E-state index in [4.69, 9.17) is 4.74 Å². The summed E-state index contributed by atoms with van der Waals surface area (Å²) in [6.45, 7) is 4.51. The summed E-state index contributed by atoms with van der Waals surface area (Å²) < 4.78 is 5.39. The van der Waals surface area contributed by atoms with E-state index in [1.165, 1.54) is 11.4 Å². The quantitative estimate of drug-likeness (QED) is 0.848. The van der Waals surface area contributed by atoms with Crippen molar-refractivity contribution in [2.45, 2.75) is 12.6 Å². The summed E-state index contributed by atoms with van der Waals surface area (Å²) in [4.78, 5) is 19.6. The smallest absolute Gasteiger partial charge is 0.226 e. The predicted molar refractivity (Wildman–Crippen MR) is 103 cm³/mol. The SMILES string of the molecule is O=C(CC1N(c2ccccc2)CCN1c1ccccc1)N1CCOCC1. The number of ether oxygens (including phenoxy) is 1. The van der Waals surface area contributed by atoms with Crippen molar-refractivity contribution in [3.8, 4) is 0 Å². The van der Waals surface area contributed by atoms with E-state index >= 15 is 0 Å². The number of para-hydroxylation sites is 2. The number of carbonyl (C=O) groups excluding carboxylic acids is 1. The number of morpholine rings is 1. The maximum Gasteiger partial charge on any atom is 0.226 e. The van der Waals surface area contributed by atoms with Gasteiger partial charge in [-0.15, -0.1) is 0 Å². The highest BCUT2D eigenvalue weighted by atomic mass is 16.5. The average Bonchev–Trinajstić information content (AvgIpc) is 3.13. The first-order chi connectivity index (χ1) is 12.8. The lowest BCUT2D eigenvalue weighted by atomic mass is 10.2. The van der Waals surface area contributed by atoms with Crippen LogP contribution in [-0.2, 0) is 9.53 Å². The summed E-state index contributed by atoms with van der Waals surface area (Å²) in [5.74, 6) is 0.210. The average molecular weight is 351 g/mol. The number of hydrogen-bond acceptors (Lipinski definition) is 4. The molecule has 5 nitrogen and oxygen atoms in total. The predicted octanol–water partition coefficient (Wildman–Crippen LogP) is 2.59. The minimum Gasteiger partial charge on any atom is -0.378 e. The van der Waals surface area contributed by atoms with Gasteiger partial charge in [0.25, 0.3) is 0 Å². The molecule has 2 aliphatic rings. The van der Waals surface area contributed by atoms with Crippen molar-refractivity contribution in [1.82, 2.24) is 4.90 Å². The lowest BCUT2D eigenvalue weighted by Crippen LogP contribution is -2.47. The van der Waals surface area contributed by atoms with Gasteiger partial charge in [0.15, 0.2) is 0 Å². The Morgan fingerprint density at radius 3 is 1.81 bits per heavy atom. The summed E-state index contributed by atoms with van der Waals surface area (Å²) in [6.07, 6.45) is 0.527. The molecule has 0 spiro atoms. The minimum atomic E-state index is 0.0372. The molecule has 136 valence electrons. The molecule has 2 aromatic carbocycles. The Balaban J connectivity index is 1.58. The number of benzene rings is 2. The normalized spacial score (nSPS) is 18.4. The number of carbonyl (C=O) groups is 1. The lowest BCUT2D eigenvalue weighted by Gasteiger charge is -2.35. The lowest BCUT2D eigenvalue weighted by molar-refractivity contribution is -0.135. The van der Waals surface area contributed by atoms with Crippen LogP contribution in [0.1, 0.15) is 6.42 Å². The number of rotatable bonds is 4. The van der Waals surface area contributed by atoms with E-state index in [2.05, 4.69) is 58.3 Å². The van der Waals surface area contributed by atoms with Crippen LogP contribution in [0.25, 0.3) is 0 Å². The minimum absolute atomic E-state index is 0.0372. The zero-order valence-corrected chi connectivity index (χ0v) is 15.0. The maximum atomic E-state index is 12.9. The molecule has 0 saturated carbocycles. The van der Waals surface area contributed by atoms with Gasteiger partial charge in [0.1, 0.15) is 6.17 Å². The third-order valence-corrected chi connectivity index (χ3v) is 5.20. The van der Waals surface area contributed by atoms with Crippen LogP contribution >= 0.6 is 0 Å². The van der Waals surface area contributed by atoms with Gasteiger partial charge in [-0.05, 0) is 24.3 Å². The fraction of sp³-hybridized carbons (Fsp3) is 0.381. The van der Waals surface area contributed by atoms with E-state index < -0.39 is 0 Å². The Bertz CT molecular complexity index is 669. The van der Waals surface area contributed by atoms with Crippen LogP contribution in [0.5, 0.6) is 0 Å². The summed E-state index contributed by atoms with van der Waals surface area (Å²) in [7, 11) is 0. The Hall–Kier alpha value is -2.53. The van der Waals surface area contributed by atoms with Crippen LogP contribution in [0.2, 0.25) is 0 Å². The second-order valence-electron chi connectivity index (χ2n) is 6.74. The van der Waals surface area contributed by atoms with Crippen molar-refractivity contribution in [3.63, 3.8) is 0 Å². The van der Waals surface area contributed by atoms with E-state index in [1.807, 2.05) is 17.0 Å². The Morgan fingerprint density at radius 1 is 0.808 bits per heavy atom. The highest BCUT2D eigenvalue weighted by Gasteiger charge is 2.35. The zero-order chi connectivity index (χ0) is 17.8. The first-order valence-corrected chi connectivity index (χ1v) is 9.32. The van der Waals surface area contributed by atoms with Crippen LogP contribution in [-0.4, -0.2) is 56.4 Å². The van der Waals surface area contributed by atoms with Gasteiger partial charge < -0.3 is 19.4 Å². The first-order valence-electron chi connectivity index (χ1n) is 9.32. The van der Waals surface area contributed by atoms with E-state index in [-0.39, 0.29) is 12.1 Å². The molecule has 5 heteroatoms. The Morgan fingerprint density at radius 2 is 1.31 bits per heavy atom. The fourth-order valence-corrected chi connectivity index (χ4v) is 3.84. The molecule has 2 fully saturated rings. The highest BCUT2D eigenvalue weighted by molar-refractivity contribution is 5.78. The molecular formula is C21H25N3O2. The van der Waals surface area contributed by atoms with Gasteiger partial charge in [-0.3, -0.25) is 4.79 Å². The van der Waals surface area contributed by atoms with Crippen LogP contribution in [0.4, 0.5) is 11.4 Å². The molecule has 26 heavy (non-hydrogen) atoms. The Labute approximate surface area is 154 Å². The van der Waals surface area contributed by atoms with Crippen LogP contribution in [0.3, 0.4) is 0 Å². The molecule has 0 radical (unpaired) electrons. The first kappa shape index (κ1) is 16.9. The van der Waals surface area contributed by atoms with Crippen molar-refractivity contribution >= 4 is 17.3 Å². The van der Waals surface area contributed by atoms with E-state index in [1.54, 1.807) is 0 Å². The Kier molecular flexibility index (Phi) is 5.07. The topological polar surface area (TPSA) is 36.0 Å². The molecule has 0 bridgehead atoms. The van der Waals surface area contributed by atoms with E-state index in [9.17, 15) is 4.79 Å². The largest absolute Gasteiger partial charge is 0.378 e. The molecule has 4 rings (SSSR count). The van der Waals surface area contributed by atoms with Gasteiger partial charge in [-0.1, -0.05) is 36.4 Å². The summed E-state index contributed by atoms with van der Waals surface area (Å²) in [5, 5.41) is 0. The van der Waals surface area contributed by atoms with Crippen molar-refractivity contribution in [1.29, 1.82) is 0 Å². The molecule has 2 saturated heterocycles. The molecule has 1 amide bonds. The van der Waals surface area contributed by atoms with Crippen LogP contribution in [0, 0.1) is 0 Å². The maximum absolute atomic E-state index is 12.9. The molecule has 0 atom stereocenters. The second-order valence-corrected chi connectivity index (χ2v) is 6.74. The standard InChI is InChI=1S/C21H25N3O2/c25-21(22-13-15-26-16-14-22)17-20-23(18-7-3-1-4-8-18)11-12-24(20)19-9-5-2-6-10-19/h1-10,20H,11-17H2. The van der Waals surface area contributed by atoms with E-state index in [0.717, 1.165) is 13.1 Å².